The number of hydrogen-bond acceptors (Lipinski definition) is 9. The summed E-state index contributed by atoms with van der Waals surface area (Å²) >= 11 is 0. The minimum Gasteiger partial charge on any atom is -0.488 e. The van der Waals surface area contributed by atoms with Gasteiger partial charge in [0, 0.05) is 18.4 Å². The number of hydrogen-bond donors (Lipinski definition) is 4. The first-order chi connectivity index (χ1) is 16.1. The number of rotatable bonds is 10. The first kappa shape index (κ1) is 28.9. The maximum absolute atomic E-state index is 12.7. The summed E-state index contributed by atoms with van der Waals surface area (Å²) < 4.78 is 21.5. The lowest BCUT2D eigenvalue weighted by atomic mass is 9.87. The maximum atomic E-state index is 12.7. The van der Waals surface area contributed by atoms with Gasteiger partial charge in [-0.2, -0.15) is 9.42 Å². The zero-order valence-electron chi connectivity index (χ0n) is 21.0. The van der Waals surface area contributed by atoms with Crippen LogP contribution in [0.5, 0.6) is 5.75 Å². The van der Waals surface area contributed by atoms with Gasteiger partial charge in [0.25, 0.3) is 5.91 Å². The highest BCUT2D eigenvalue weighted by Crippen LogP contribution is 2.60. The second-order valence-electron chi connectivity index (χ2n) is 9.97. The smallest absolute Gasteiger partial charge is 0.488 e. The molecule has 11 nitrogen and oxygen atoms in total. The van der Waals surface area contributed by atoms with Crippen molar-refractivity contribution in [3.05, 3.63) is 29.8 Å². The van der Waals surface area contributed by atoms with Crippen LogP contribution in [-0.4, -0.2) is 65.9 Å². The molecule has 1 aromatic rings. The second-order valence-corrected chi connectivity index (χ2v) is 11.7. The van der Waals surface area contributed by atoms with Crippen molar-refractivity contribution in [2.45, 2.75) is 65.2 Å². The van der Waals surface area contributed by atoms with Gasteiger partial charge in [-0.3, -0.25) is 14.4 Å². The Morgan fingerprint density at radius 1 is 1.23 bits per heavy atom. The standard InChI is InChI=1S/C23H35N2O9P/c1-22(2,3)33-16-9-7-15(8-10-16)13-17(21(28)29)25-35(30)32-14-23(4,5)19(34-35)20(27)24-12-11-18(26)31-6/h7-10,17,19,25,30H,11-14H2,1-6H3,(H-,24,27,28,29)/p+1/t17-,19-,35?/m0/s1. The predicted octanol–water partition coefficient (Wildman–Crippen LogP) is 2.24. The van der Waals surface area contributed by atoms with Crippen molar-refractivity contribution in [1.82, 2.24) is 10.4 Å². The molecule has 1 unspecified atom stereocenters. The highest BCUT2D eigenvalue weighted by molar-refractivity contribution is 7.58. The van der Waals surface area contributed by atoms with Gasteiger partial charge in [0.15, 0.2) is 12.1 Å². The molecule has 4 N–H and O–H groups in total. The molecule has 1 aliphatic heterocycles. The molecule has 0 saturated carbocycles. The van der Waals surface area contributed by atoms with Crippen molar-refractivity contribution in [3.63, 3.8) is 0 Å². The number of carbonyl (C=O) groups is 3. The first-order valence-electron chi connectivity index (χ1n) is 11.2. The number of amides is 1. The number of benzene rings is 1. The molecule has 35 heavy (non-hydrogen) atoms. The number of carbonyl (C=O) groups excluding carboxylic acids is 2. The van der Waals surface area contributed by atoms with Gasteiger partial charge < -0.3 is 19.9 Å². The lowest BCUT2D eigenvalue weighted by Crippen LogP contribution is -2.53. The van der Waals surface area contributed by atoms with Crippen molar-refractivity contribution in [3.8, 4) is 5.75 Å². The lowest BCUT2D eigenvalue weighted by Gasteiger charge is -2.37. The van der Waals surface area contributed by atoms with E-state index in [4.69, 9.17) is 13.8 Å². The molecule has 0 radical (unpaired) electrons. The Bertz CT molecular complexity index is 901. The van der Waals surface area contributed by atoms with Gasteiger partial charge in [-0.15, -0.1) is 9.61 Å². The van der Waals surface area contributed by atoms with Crippen LogP contribution in [0.4, 0.5) is 0 Å². The van der Waals surface area contributed by atoms with Crippen LogP contribution in [0.25, 0.3) is 0 Å². The van der Waals surface area contributed by atoms with Gasteiger partial charge in [0.05, 0.1) is 13.5 Å². The predicted molar refractivity (Wildman–Crippen MR) is 128 cm³/mol. The monoisotopic (exact) mass is 515 g/mol. The number of aliphatic carboxylic acids is 1. The number of methoxy groups -OCH3 is 1. The number of esters is 1. The topological polar surface area (TPSA) is 153 Å². The Morgan fingerprint density at radius 3 is 2.40 bits per heavy atom. The Balaban J connectivity index is 2.07. The highest BCUT2D eigenvalue weighted by Gasteiger charge is 2.58. The zero-order valence-corrected chi connectivity index (χ0v) is 21.9. The third-order valence-corrected chi connectivity index (χ3v) is 6.68. The molecule has 1 amide bonds. The van der Waals surface area contributed by atoms with Gasteiger partial charge in [0.2, 0.25) is 0 Å². The molecule has 3 atom stereocenters. The van der Waals surface area contributed by atoms with E-state index in [1.807, 2.05) is 20.8 Å². The van der Waals surface area contributed by atoms with Crippen LogP contribution in [-0.2, 0) is 34.6 Å². The minimum absolute atomic E-state index is 0.0236. The molecule has 0 aromatic heterocycles. The highest BCUT2D eigenvalue weighted by atomic mass is 31.2. The average molecular weight is 516 g/mol. The molecule has 1 heterocycles. The maximum Gasteiger partial charge on any atom is 0.500 e. The van der Waals surface area contributed by atoms with E-state index >= 15 is 0 Å². The largest absolute Gasteiger partial charge is 0.500 e. The minimum atomic E-state index is -3.90. The summed E-state index contributed by atoms with van der Waals surface area (Å²) in [6.07, 6.45) is -1.13. The Hall–Kier alpha value is -2.30. The molecule has 0 aliphatic carbocycles. The van der Waals surface area contributed by atoms with Gasteiger partial charge >= 0.3 is 20.0 Å². The fraction of sp³-hybridized carbons (Fsp3) is 0.609. The third kappa shape index (κ3) is 9.01. The van der Waals surface area contributed by atoms with E-state index in [1.54, 1.807) is 38.1 Å². The quantitative estimate of drug-likeness (QED) is 0.270. The Labute approximate surface area is 206 Å². The van der Waals surface area contributed by atoms with Crippen molar-refractivity contribution >= 4 is 25.9 Å². The SMILES string of the molecule is COC(=O)CCNC(=O)[C@@H]1O[P+](O)(N[C@@H](Cc2ccc(OC(C)(C)C)cc2)C(=O)O)OCC1(C)C. The molecule has 1 aromatic carbocycles. The lowest BCUT2D eigenvalue weighted by molar-refractivity contribution is -0.142. The van der Waals surface area contributed by atoms with Crippen LogP contribution in [0, 0.1) is 5.41 Å². The second kappa shape index (κ2) is 11.6. The molecule has 12 heteroatoms. The zero-order chi connectivity index (χ0) is 26.4. The van der Waals surface area contributed by atoms with Crippen LogP contribution >= 0.6 is 8.09 Å². The van der Waals surface area contributed by atoms with Crippen LogP contribution in [0.2, 0.25) is 0 Å². The number of ether oxygens (including phenoxy) is 2. The van der Waals surface area contributed by atoms with Gasteiger partial charge in [-0.05, 0) is 38.5 Å². The van der Waals surface area contributed by atoms with E-state index in [2.05, 4.69) is 15.1 Å². The van der Waals surface area contributed by atoms with Crippen LogP contribution in [0.3, 0.4) is 0 Å². The van der Waals surface area contributed by atoms with Gasteiger partial charge in [-0.1, -0.05) is 26.0 Å². The van der Waals surface area contributed by atoms with E-state index in [9.17, 15) is 24.4 Å². The molecule has 196 valence electrons. The van der Waals surface area contributed by atoms with Crippen LogP contribution in [0.1, 0.15) is 46.6 Å². The molecule has 0 spiro atoms. The van der Waals surface area contributed by atoms with E-state index in [1.165, 1.54) is 7.11 Å². The average Bonchev–Trinajstić information content (AvgIpc) is 2.75. The molecule has 1 fully saturated rings. The molecule has 1 saturated heterocycles. The first-order valence-corrected chi connectivity index (χ1v) is 12.8. The fourth-order valence-corrected chi connectivity index (χ4v) is 5.23. The fourth-order valence-electron chi connectivity index (χ4n) is 3.27. The van der Waals surface area contributed by atoms with Crippen molar-refractivity contribution in [2.75, 3.05) is 20.3 Å². The molecule has 0 bridgehead atoms. The summed E-state index contributed by atoms with van der Waals surface area (Å²) in [5, 5.41) is 14.9. The normalized spacial score (nSPS) is 22.7. The molecule has 2 rings (SSSR count). The van der Waals surface area contributed by atoms with Gasteiger partial charge in [-0.25, -0.2) is 0 Å². The van der Waals surface area contributed by atoms with Crippen molar-refractivity contribution in [2.24, 2.45) is 5.41 Å². The van der Waals surface area contributed by atoms with Gasteiger partial charge in [0.1, 0.15) is 18.0 Å². The summed E-state index contributed by atoms with van der Waals surface area (Å²) in [6, 6.07) is 5.73. The van der Waals surface area contributed by atoms with Crippen LogP contribution < -0.4 is 15.1 Å². The summed E-state index contributed by atoms with van der Waals surface area (Å²) in [5.74, 6) is -1.60. The van der Waals surface area contributed by atoms with E-state index < -0.39 is 43.5 Å². The van der Waals surface area contributed by atoms with E-state index in [0.717, 1.165) is 0 Å². The van der Waals surface area contributed by atoms with Crippen molar-refractivity contribution < 1.29 is 42.9 Å². The van der Waals surface area contributed by atoms with E-state index in [-0.39, 0.29) is 31.6 Å². The number of carboxylic acid groups (broad SMARTS) is 1. The molecular formula is C23H36N2O9P+. The van der Waals surface area contributed by atoms with E-state index in [0.29, 0.717) is 11.3 Å². The Morgan fingerprint density at radius 2 is 1.86 bits per heavy atom. The number of carboxylic acids is 1. The Kier molecular flexibility index (Phi) is 9.61. The molecule has 1 aliphatic rings. The third-order valence-electron chi connectivity index (χ3n) is 5.07. The number of nitrogens with one attached hydrogen (secondary N) is 2. The summed E-state index contributed by atoms with van der Waals surface area (Å²) in [7, 11) is -2.65. The summed E-state index contributed by atoms with van der Waals surface area (Å²) in [4.78, 5) is 46.9. The summed E-state index contributed by atoms with van der Waals surface area (Å²) in [5.41, 5.74) is -0.496. The van der Waals surface area contributed by atoms with Crippen LogP contribution in [0.15, 0.2) is 24.3 Å². The summed E-state index contributed by atoms with van der Waals surface area (Å²) in [6.45, 7) is 9.19. The van der Waals surface area contributed by atoms with Crippen molar-refractivity contribution in [1.29, 1.82) is 0 Å². The molecular weight excluding hydrogens is 479 g/mol.